The molecule has 0 unspecified atom stereocenters. The van der Waals surface area contributed by atoms with Gasteiger partial charge < -0.3 is 4.74 Å². The zero-order valence-corrected chi connectivity index (χ0v) is 17.3. The number of hydrogen-bond acceptors (Lipinski definition) is 7. The maximum Gasteiger partial charge on any atom is 0.350 e. The molecule has 152 valence electrons. The molecule has 0 saturated heterocycles. The molecular formula is C20H22N4O4S. The molecule has 0 aliphatic carbocycles. The number of carbonyl (C=O) groups excluding carboxylic acids is 2. The summed E-state index contributed by atoms with van der Waals surface area (Å²) in [6.45, 7) is 6.11. The van der Waals surface area contributed by atoms with Gasteiger partial charge in [0.2, 0.25) is 0 Å². The first kappa shape index (κ1) is 20.7. The first-order valence-corrected chi connectivity index (χ1v) is 10.2. The number of nitrogens with one attached hydrogen (secondary N) is 1. The molecule has 0 atom stereocenters. The van der Waals surface area contributed by atoms with Crippen molar-refractivity contribution in [2.45, 2.75) is 40.2 Å². The van der Waals surface area contributed by atoms with Gasteiger partial charge in [-0.15, -0.1) is 0 Å². The second kappa shape index (κ2) is 8.95. The summed E-state index contributed by atoms with van der Waals surface area (Å²) < 4.78 is 6.34. The van der Waals surface area contributed by atoms with Gasteiger partial charge in [0.1, 0.15) is 4.88 Å². The fourth-order valence-corrected chi connectivity index (χ4v) is 3.71. The summed E-state index contributed by atoms with van der Waals surface area (Å²) in [5.74, 6) is -0.963. The SMILES string of the molecule is CCCCn1nc(C(=O)Nc2nc(C)c(C(=O)OCC)s2)c2ccccc2c1=O. The van der Waals surface area contributed by atoms with E-state index in [9.17, 15) is 14.4 Å². The Kier molecular flexibility index (Phi) is 6.38. The summed E-state index contributed by atoms with van der Waals surface area (Å²) in [5, 5.41) is 8.18. The molecule has 29 heavy (non-hydrogen) atoms. The van der Waals surface area contributed by atoms with Gasteiger partial charge in [0, 0.05) is 11.9 Å². The Labute approximate surface area is 171 Å². The fraction of sp³-hybridized carbons (Fsp3) is 0.350. The number of anilines is 1. The van der Waals surface area contributed by atoms with E-state index in [1.165, 1.54) is 4.68 Å². The molecule has 0 radical (unpaired) electrons. The molecule has 0 aliphatic rings. The summed E-state index contributed by atoms with van der Waals surface area (Å²) in [7, 11) is 0. The fourth-order valence-electron chi connectivity index (χ4n) is 2.85. The number of aromatic nitrogens is 3. The summed E-state index contributed by atoms with van der Waals surface area (Å²) in [4.78, 5) is 42.2. The predicted molar refractivity (Wildman–Crippen MR) is 112 cm³/mol. The number of fused-ring (bicyclic) bond motifs is 1. The highest BCUT2D eigenvalue weighted by atomic mass is 32.1. The minimum Gasteiger partial charge on any atom is -0.462 e. The number of amides is 1. The van der Waals surface area contributed by atoms with Crippen LogP contribution in [-0.4, -0.2) is 33.2 Å². The summed E-state index contributed by atoms with van der Waals surface area (Å²) >= 11 is 1.04. The van der Waals surface area contributed by atoms with Gasteiger partial charge in [0.05, 0.1) is 17.7 Å². The molecular weight excluding hydrogens is 392 g/mol. The van der Waals surface area contributed by atoms with E-state index in [4.69, 9.17) is 4.74 Å². The molecule has 1 amide bonds. The van der Waals surface area contributed by atoms with E-state index in [0.29, 0.717) is 27.9 Å². The zero-order valence-electron chi connectivity index (χ0n) is 16.5. The lowest BCUT2D eigenvalue weighted by atomic mass is 10.1. The number of benzene rings is 1. The van der Waals surface area contributed by atoms with Crippen LogP contribution >= 0.6 is 11.3 Å². The van der Waals surface area contributed by atoms with Crippen LogP contribution in [0.25, 0.3) is 10.8 Å². The van der Waals surface area contributed by atoms with Gasteiger partial charge in [0.25, 0.3) is 11.5 Å². The Hall–Kier alpha value is -3.07. The van der Waals surface area contributed by atoms with E-state index in [1.807, 2.05) is 6.92 Å². The van der Waals surface area contributed by atoms with Crippen LogP contribution in [0.3, 0.4) is 0 Å². The van der Waals surface area contributed by atoms with Crippen molar-refractivity contribution in [3.63, 3.8) is 0 Å². The van der Waals surface area contributed by atoms with E-state index in [0.717, 1.165) is 24.2 Å². The number of thiazole rings is 1. The largest absolute Gasteiger partial charge is 0.462 e. The second-order valence-corrected chi connectivity index (χ2v) is 7.38. The number of esters is 1. The van der Waals surface area contributed by atoms with E-state index >= 15 is 0 Å². The standard InChI is InChI=1S/C20H22N4O4S/c1-4-6-11-24-18(26)14-10-8-7-9-13(14)15(23-24)17(25)22-20-21-12(3)16(29-20)19(27)28-5-2/h7-10H,4-6,11H2,1-3H3,(H,21,22,25). The molecule has 2 heterocycles. The third-order valence-corrected chi connectivity index (χ3v) is 5.34. The van der Waals surface area contributed by atoms with Crippen molar-refractivity contribution in [3.05, 3.63) is 50.9 Å². The minimum atomic E-state index is -0.490. The first-order chi connectivity index (χ1) is 14.0. The molecule has 3 rings (SSSR count). The van der Waals surface area contributed by atoms with Crippen LogP contribution in [0, 0.1) is 6.92 Å². The quantitative estimate of drug-likeness (QED) is 0.595. The van der Waals surface area contributed by atoms with Crippen LogP contribution < -0.4 is 10.9 Å². The zero-order chi connectivity index (χ0) is 21.0. The third-order valence-electron chi connectivity index (χ3n) is 4.28. The number of carbonyl (C=O) groups is 2. The van der Waals surface area contributed by atoms with Crippen LogP contribution in [0.15, 0.2) is 29.1 Å². The van der Waals surface area contributed by atoms with Crippen molar-refractivity contribution in [2.24, 2.45) is 0 Å². The number of nitrogens with zero attached hydrogens (tertiary/aromatic N) is 3. The number of unbranched alkanes of at least 4 members (excludes halogenated alkanes) is 1. The highest BCUT2D eigenvalue weighted by Gasteiger charge is 2.21. The normalized spacial score (nSPS) is 10.9. The summed E-state index contributed by atoms with van der Waals surface area (Å²) in [6.07, 6.45) is 1.68. The lowest BCUT2D eigenvalue weighted by Crippen LogP contribution is -2.27. The van der Waals surface area contributed by atoms with Crippen molar-refractivity contribution in [1.29, 1.82) is 0 Å². The topological polar surface area (TPSA) is 103 Å². The lowest BCUT2D eigenvalue weighted by molar-refractivity contribution is 0.0531. The highest BCUT2D eigenvalue weighted by molar-refractivity contribution is 7.17. The van der Waals surface area contributed by atoms with Crippen LogP contribution in [0.2, 0.25) is 0 Å². The van der Waals surface area contributed by atoms with Crippen molar-refractivity contribution in [3.8, 4) is 0 Å². The van der Waals surface area contributed by atoms with E-state index in [-0.39, 0.29) is 23.0 Å². The van der Waals surface area contributed by atoms with Crippen LogP contribution in [0.5, 0.6) is 0 Å². The monoisotopic (exact) mass is 414 g/mol. The maximum atomic E-state index is 12.9. The first-order valence-electron chi connectivity index (χ1n) is 9.42. The number of ether oxygens (including phenoxy) is 1. The molecule has 1 N–H and O–H groups in total. The van der Waals surface area contributed by atoms with Gasteiger partial charge in [-0.05, 0) is 26.3 Å². The molecule has 8 nitrogen and oxygen atoms in total. The molecule has 1 aromatic carbocycles. The van der Waals surface area contributed by atoms with Gasteiger partial charge >= 0.3 is 5.97 Å². The van der Waals surface area contributed by atoms with Crippen LogP contribution in [-0.2, 0) is 11.3 Å². The van der Waals surface area contributed by atoms with Crippen molar-refractivity contribution in [1.82, 2.24) is 14.8 Å². The summed E-state index contributed by atoms with van der Waals surface area (Å²) in [6, 6.07) is 6.89. The Morgan fingerprint density at radius 1 is 1.21 bits per heavy atom. The van der Waals surface area contributed by atoms with Crippen molar-refractivity contribution < 1.29 is 14.3 Å². The van der Waals surface area contributed by atoms with Crippen LogP contribution in [0.1, 0.15) is 52.5 Å². The second-order valence-electron chi connectivity index (χ2n) is 6.38. The van der Waals surface area contributed by atoms with Gasteiger partial charge in [-0.3, -0.25) is 14.9 Å². The average molecular weight is 414 g/mol. The third kappa shape index (κ3) is 4.34. The Morgan fingerprint density at radius 3 is 2.62 bits per heavy atom. The molecule has 9 heteroatoms. The Bertz CT molecular complexity index is 1120. The molecule has 0 bridgehead atoms. The molecule has 0 aliphatic heterocycles. The van der Waals surface area contributed by atoms with E-state index in [1.54, 1.807) is 38.1 Å². The predicted octanol–water partition coefficient (Wildman–Crippen LogP) is 3.39. The van der Waals surface area contributed by atoms with E-state index in [2.05, 4.69) is 15.4 Å². The molecule has 0 saturated carbocycles. The molecule has 0 spiro atoms. The average Bonchev–Trinajstić information content (AvgIpc) is 3.08. The smallest absolute Gasteiger partial charge is 0.350 e. The Balaban J connectivity index is 1.97. The summed E-state index contributed by atoms with van der Waals surface area (Å²) in [5.41, 5.74) is 0.400. The molecule has 3 aromatic rings. The lowest BCUT2D eigenvalue weighted by Gasteiger charge is -2.10. The van der Waals surface area contributed by atoms with Crippen molar-refractivity contribution >= 4 is 39.1 Å². The number of hydrogen-bond donors (Lipinski definition) is 1. The number of rotatable bonds is 7. The highest BCUT2D eigenvalue weighted by Crippen LogP contribution is 2.24. The minimum absolute atomic E-state index is 0.141. The molecule has 2 aromatic heterocycles. The van der Waals surface area contributed by atoms with Gasteiger partial charge in [-0.1, -0.05) is 42.9 Å². The Morgan fingerprint density at radius 2 is 1.93 bits per heavy atom. The van der Waals surface area contributed by atoms with Gasteiger partial charge in [0.15, 0.2) is 10.8 Å². The van der Waals surface area contributed by atoms with Crippen molar-refractivity contribution in [2.75, 3.05) is 11.9 Å². The van der Waals surface area contributed by atoms with E-state index < -0.39 is 11.9 Å². The maximum absolute atomic E-state index is 12.9. The number of aryl methyl sites for hydroxylation is 2. The van der Waals surface area contributed by atoms with Crippen LogP contribution in [0.4, 0.5) is 5.13 Å². The van der Waals surface area contributed by atoms with Gasteiger partial charge in [-0.25, -0.2) is 14.5 Å². The molecule has 0 fully saturated rings. The van der Waals surface area contributed by atoms with Gasteiger partial charge in [-0.2, -0.15) is 5.10 Å².